The standard InChI is InChI=1S/C19H15BrN2O4/c1-12(23)26-17-8-7-15(20)10-13(17)9-14(11-21)19(24)22-16-5-3-4-6-18(16)25-2/h3-10H,1-2H3,(H,22,24)/b14-9+. The van der Waals surface area contributed by atoms with Crippen molar-refractivity contribution in [3.63, 3.8) is 0 Å². The minimum Gasteiger partial charge on any atom is -0.495 e. The van der Waals surface area contributed by atoms with E-state index in [0.717, 1.165) is 0 Å². The van der Waals surface area contributed by atoms with Crippen LogP contribution in [0.4, 0.5) is 5.69 Å². The predicted octanol–water partition coefficient (Wildman–Crippen LogP) is 3.93. The number of ether oxygens (including phenoxy) is 2. The molecule has 1 N–H and O–H groups in total. The molecule has 0 aliphatic rings. The molecular formula is C19H15BrN2O4. The van der Waals surface area contributed by atoms with Gasteiger partial charge in [-0.15, -0.1) is 0 Å². The van der Waals surface area contributed by atoms with E-state index in [4.69, 9.17) is 9.47 Å². The number of amides is 1. The Morgan fingerprint density at radius 3 is 2.58 bits per heavy atom. The third-order valence-electron chi connectivity index (χ3n) is 3.25. The second-order valence-corrected chi connectivity index (χ2v) is 6.02. The van der Waals surface area contributed by atoms with Crippen molar-refractivity contribution in [2.24, 2.45) is 0 Å². The number of carbonyl (C=O) groups excluding carboxylic acids is 2. The van der Waals surface area contributed by atoms with Crippen molar-refractivity contribution in [2.75, 3.05) is 12.4 Å². The summed E-state index contributed by atoms with van der Waals surface area (Å²) >= 11 is 3.31. The molecule has 132 valence electrons. The maximum absolute atomic E-state index is 12.5. The molecule has 0 atom stereocenters. The minimum atomic E-state index is -0.606. The van der Waals surface area contributed by atoms with Gasteiger partial charge in [0, 0.05) is 17.0 Å². The van der Waals surface area contributed by atoms with E-state index in [1.54, 1.807) is 42.5 Å². The molecule has 2 aromatic rings. The molecule has 0 radical (unpaired) electrons. The molecule has 6 nitrogen and oxygen atoms in total. The molecule has 0 aromatic heterocycles. The molecule has 0 aliphatic carbocycles. The van der Waals surface area contributed by atoms with Gasteiger partial charge in [0.25, 0.3) is 5.91 Å². The van der Waals surface area contributed by atoms with Crippen LogP contribution in [0.15, 0.2) is 52.5 Å². The fourth-order valence-corrected chi connectivity index (χ4v) is 2.50. The van der Waals surface area contributed by atoms with Gasteiger partial charge in [-0.05, 0) is 36.4 Å². The number of methoxy groups -OCH3 is 1. The Morgan fingerprint density at radius 1 is 1.19 bits per heavy atom. The first-order valence-electron chi connectivity index (χ1n) is 7.48. The SMILES string of the molecule is COc1ccccc1NC(=O)/C(C#N)=C/c1cc(Br)ccc1OC(C)=O. The highest BCUT2D eigenvalue weighted by atomic mass is 79.9. The van der Waals surface area contributed by atoms with Crippen molar-refractivity contribution in [3.05, 3.63) is 58.1 Å². The Balaban J connectivity index is 2.36. The lowest BCUT2D eigenvalue weighted by atomic mass is 10.1. The summed E-state index contributed by atoms with van der Waals surface area (Å²) in [6, 6.07) is 13.6. The largest absolute Gasteiger partial charge is 0.495 e. The Kier molecular flexibility index (Phi) is 6.53. The number of nitriles is 1. The van der Waals surface area contributed by atoms with E-state index in [-0.39, 0.29) is 11.3 Å². The van der Waals surface area contributed by atoms with Gasteiger partial charge in [-0.3, -0.25) is 9.59 Å². The van der Waals surface area contributed by atoms with E-state index < -0.39 is 11.9 Å². The molecule has 0 bridgehead atoms. The monoisotopic (exact) mass is 414 g/mol. The zero-order chi connectivity index (χ0) is 19.1. The summed E-state index contributed by atoms with van der Waals surface area (Å²) < 4.78 is 11.0. The average molecular weight is 415 g/mol. The van der Waals surface area contributed by atoms with Crippen molar-refractivity contribution in [1.29, 1.82) is 5.26 Å². The molecular weight excluding hydrogens is 400 g/mol. The summed E-state index contributed by atoms with van der Waals surface area (Å²) in [5.41, 5.74) is 0.708. The van der Waals surface area contributed by atoms with Crippen molar-refractivity contribution in [1.82, 2.24) is 0 Å². The number of nitrogens with zero attached hydrogens (tertiary/aromatic N) is 1. The molecule has 0 saturated carbocycles. The van der Waals surface area contributed by atoms with Crippen LogP contribution in [0.25, 0.3) is 6.08 Å². The van der Waals surface area contributed by atoms with Crippen LogP contribution in [-0.2, 0) is 9.59 Å². The van der Waals surface area contributed by atoms with Gasteiger partial charge in [-0.1, -0.05) is 28.1 Å². The van der Waals surface area contributed by atoms with Crippen LogP contribution >= 0.6 is 15.9 Å². The Bertz CT molecular complexity index is 916. The number of halogens is 1. The van der Waals surface area contributed by atoms with Crippen LogP contribution in [0, 0.1) is 11.3 Å². The van der Waals surface area contributed by atoms with E-state index in [2.05, 4.69) is 21.2 Å². The average Bonchev–Trinajstić information content (AvgIpc) is 2.61. The zero-order valence-electron chi connectivity index (χ0n) is 14.1. The highest BCUT2D eigenvalue weighted by Gasteiger charge is 2.14. The summed E-state index contributed by atoms with van der Waals surface area (Å²) in [7, 11) is 1.49. The number of carbonyl (C=O) groups is 2. The minimum absolute atomic E-state index is 0.151. The smallest absolute Gasteiger partial charge is 0.308 e. The van der Waals surface area contributed by atoms with Crippen LogP contribution < -0.4 is 14.8 Å². The van der Waals surface area contributed by atoms with Crippen molar-refractivity contribution in [2.45, 2.75) is 6.92 Å². The topological polar surface area (TPSA) is 88.4 Å². The van der Waals surface area contributed by atoms with E-state index >= 15 is 0 Å². The number of anilines is 1. The molecule has 2 rings (SSSR count). The molecule has 7 heteroatoms. The van der Waals surface area contributed by atoms with Crippen LogP contribution in [-0.4, -0.2) is 19.0 Å². The second kappa shape index (κ2) is 8.83. The lowest BCUT2D eigenvalue weighted by Crippen LogP contribution is -2.14. The molecule has 0 unspecified atom stereocenters. The van der Waals surface area contributed by atoms with Gasteiger partial charge < -0.3 is 14.8 Å². The van der Waals surface area contributed by atoms with Gasteiger partial charge in [0.1, 0.15) is 23.1 Å². The molecule has 0 heterocycles. The number of hydrogen-bond donors (Lipinski definition) is 1. The van der Waals surface area contributed by atoms with Crippen LogP contribution in [0.2, 0.25) is 0 Å². The normalized spacial score (nSPS) is 10.6. The van der Waals surface area contributed by atoms with Crippen LogP contribution in [0.1, 0.15) is 12.5 Å². The quantitative estimate of drug-likeness (QED) is 0.346. The Labute approximate surface area is 159 Å². The number of esters is 1. The van der Waals surface area contributed by atoms with Crippen molar-refractivity contribution in [3.8, 4) is 17.6 Å². The van der Waals surface area contributed by atoms with Gasteiger partial charge in [0.2, 0.25) is 0 Å². The summed E-state index contributed by atoms with van der Waals surface area (Å²) in [6.07, 6.45) is 1.35. The number of nitrogens with one attached hydrogen (secondary N) is 1. The molecule has 0 fully saturated rings. The van der Waals surface area contributed by atoms with Gasteiger partial charge in [-0.25, -0.2) is 0 Å². The number of para-hydroxylation sites is 2. The summed E-state index contributed by atoms with van der Waals surface area (Å²) in [4.78, 5) is 23.7. The highest BCUT2D eigenvalue weighted by Crippen LogP contribution is 2.27. The second-order valence-electron chi connectivity index (χ2n) is 5.10. The van der Waals surface area contributed by atoms with Crippen molar-refractivity contribution < 1.29 is 19.1 Å². The van der Waals surface area contributed by atoms with E-state index in [0.29, 0.717) is 21.5 Å². The lowest BCUT2D eigenvalue weighted by Gasteiger charge is -2.10. The molecule has 26 heavy (non-hydrogen) atoms. The lowest BCUT2D eigenvalue weighted by molar-refractivity contribution is -0.131. The highest BCUT2D eigenvalue weighted by molar-refractivity contribution is 9.10. The third-order valence-corrected chi connectivity index (χ3v) is 3.74. The fraction of sp³-hybridized carbons (Fsp3) is 0.105. The summed E-state index contributed by atoms with van der Waals surface area (Å²) in [5.74, 6) is -0.385. The third kappa shape index (κ3) is 4.94. The Morgan fingerprint density at radius 2 is 1.92 bits per heavy atom. The molecule has 0 aliphatic heterocycles. The first kappa shape index (κ1) is 19.2. The van der Waals surface area contributed by atoms with E-state index in [9.17, 15) is 14.9 Å². The molecule has 0 saturated heterocycles. The summed E-state index contributed by atoms with van der Waals surface area (Å²) in [5, 5.41) is 12.0. The van der Waals surface area contributed by atoms with Crippen molar-refractivity contribution >= 4 is 39.6 Å². The van der Waals surface area contributed by atoms with Crippen LogP contribution in [0.3, 0.4) is 0 Å². The first-order valence-corrected chi connectivity index (χ1v) is 8.28. The Hall–Kier alpha value is -3.11. The molecule has 1 amide bonds. The molecule has 2 aromatic carbocycles. The van der Waals surface area contributed by atoms with Crippen LogP contribution in [0.5, 0.6) is 11.5 Å². The molecule has 0 spiro atoms. The number of hydrogen-bond acceptors (Lipinski definition) is 5. The zero-order valence-corrected chi connectivity index (χ0v) is 15.7. The maximum Gasteiger partial charge on any atom is 0.308 e. The fourth-order valence-electron chi connectivity index (χ4n) is 2.12. The van der Waals surface area contributed by atoms with E-state index in [1.807, 2.05) is 6.07 Å². The first-order chi connectivity index (χ1) is 12.4. The van der Waals surface area contributed by atoms with Gasteiger partial charge in [0.05, 0.1) is 12.8 Å². The van der Waals surface area contributed by atoms with Gasteiger partial charge in [-0.2, -0.15) is 5.26 Å². The predicted molar refractivity (Wildman–Crippen MR) is 101 cm³/mol. The van der Waals surface area contributed by atoms with Gasteiger partial charge in [0.15, 0.2) is 0 Å². The van der Waals surface area contributed by atoms with E-state index in [1.165, 1.54) is 20.1 Å². The number of rotatable bonds is 5. The summed E-state index contributed by atoms with van der Waals surface area (Å²) in [6.45, 7) is 1.27. The maximum atomic E-state index is 12.5. The van der Waals surface area contributed by atoms with Gasteiger partial charge >= 0.3 is 5.97 Å². The number of benzene rings is 2.